The van der Waals surface area contributed by atoms with Gasteiger partial charge in [-0.2, -0.15) is 0 Å². The molecule has 0 aliphatic heterocycles. The zero-order chi connectivity index (χ0) is 15.3. The predicted molar refractivity (Wildman–Crippen MR) is 89.9 cm³/mol. The van der Waals surface area contributed by atoms with Crippen molar-refractivity contribution in [1.82, 2.24) is 19.5 Å². The average Bonchev–Trinajstić information content (AvgIpc) is 3.09. The Bertz CT molecular complexity index is 991. The van der Waals surface area contributed by atoms with Gasteiger partial charge in [0.25, 0.3) is 0 Å². The number of para-hydroxylation sites is 2. The van der Waals surface area contributed by atoms with Crippen LogP contribution in [0.15, 0.2) is 36.4 Å². The first-order valence-electron chi connectivity index (χ1n) is 7.58. The molecule has 0 atom stereocenters. The number of aromatic amines is 1. The molecular weight excluding hydrogens is 272 g/mol. The molecule has 2 aromatic carbocycles. The summed E-state index contributed by atoms with van der Waals surface area (Å²) in [4.78, 5) is 12.8. The molecular formula is C18H18N4. The van der Waals surface area contributed by atoms with Crippen LogP contribution in [0.2, 0.25) is 0 Å². The summed E-state index contributed by atoms with van der Waals surface area (Å²) in [5, 5.41) is 0. The maximum Gasteiger partial charge on any atom is 0.140 e. The fourth-order valence-corrected chi connectivity index (χ4v) is 3.04. The Morgan fingerprint density at radius 3 is 2.73 bits per heavy atom. The van der Waals surface area contributed by atoms with Crippen molar-refractivity contribution < 1.29 is 0 Å². The molecule has 4 heteroatoms. The second-order valence-electron chi connectivity index (χ2n) is 5.71. The third kappa shape index (κ3) is 1.84. The van der Waals surface area contributed by atoms with Crippen LogP contribution in [0, 0.1) is 6.92 Å². The van der Waals surface area contributed by atoms with Gasteiger partial charge in [-0.25, -0.2) is 9.97 Å². The molecule has 0 unspecified atom stereocenters. The predicted octanol–water partition coefficient (Wildman–Crippen LogP) is 3.99. The number of hydrogen-bond donors (Lipinski definition) is 1. The average molecular weight is 290 g/mol. The minimum Gasteiger partial charge on any atom is -0.342 e. The van der Waals surface area contributed by atoms with Crippen LogP contribution in [0.25, 0.3) is 33.5 Å². The smallest absolute Gasteiger partial charge is 0.140 e. The molecule has 4 aromatic rings. The first-order valence-corrected chi connectivity index (χ1v) is 7.58. The van der Waals surface area contributed by atoms with E-state index in [2.05, 4.69) is 59.7 Å². The Balaban J connectivity index is 1.97. The zero-order valence-corrected chi connectivity index (χ0v) is 13.0. The molecule has 0 bridgehead atoms. The maximum atomic E-state index is 4.79. The molecule has 22 heavy (non-hydrogen) atoms. The van der Waals surface area contributed by atoms with Gasteiger partial charge in [-0.05, 0) is 36.8 Å². The fraction of sp³-hybridized carbons (Fsp3) is 0.222. The minimum atomic E-state index is 0.912. The van der Waals surface area contributed by atoms with Crippen LogP contribution in [0.5, 0.6) is 0 Å². The monoisotopic (exact) mass is 290 g/mol. The van der Waals surface area contributed by atoms with Gasteiger partial charge in [0.1, 0.15) is 11.6 Å². The summed E-state index contributed by atoms with van der Waals surface area (Å²) in [6.07, 6.45) is 0.912. The quantitative estimate of drug-likeness (QED) is 0.607. The first-order chi connectivity index (χ1) is 10.7. The number of imidazole rings is 2. The van der Waals surface area contributed by atoms with E-state index in [0.29, 0.717) is 0 Å². The second-order valence-corrected chi connectivity index (χ2v) is 5.71. The first kappa shape index (κ1) is 13.1. The number of aromatic nitrogens is 4. The van der Waals surface area contributed by atoms with E-state index in [1.807, 2.05) is 12.1 Å². The summed E-state index contributed by atoms with van der Waals surface area (Å²) in [6.45, 7) is 4.22. The Morgan fingerprint density at radius 1 is 1.14 bits per heavy atom. The van der Waals surface area contributed by atoms with Crippen LogP contribution in [0.4, 0.5) is 0 Å². The number of H-pyrrole nitrogens is 1. The van der Waals surface area contributed by atoms with Crippen molar-refractivity contribution in [1.29, 1.82) is 0 Å². The van der Waals surface area contributed by atoms with Gasteiger partial charge in [0.15, 0.2) is 0 Å². The summed E-state index contributed by atoms with van der Waals surface area (Å²) in [6, 6.07) is 12.5. The van der Waals surface area contributed by atoms with Crippen molar-refractivity contribution in [2.45, 2.75) is 20.3 Å². The summed E-state index contributed by atoms with van der Waals surface area (Å²) in [7, 11) is 2.06. The molecule has 2 heterocycles. The van der Waals surface area contributed by atoms with E-state index in [9.17, 15) is 0 Å². The Morgan fingerprint density at radius 2 is 1.95 bits per heavy atom. The van der Waals surface area contributed by atoms with E-state index in [0.717, 1.165) is 45.7 Å². The lowest BCUT2D eigenvalue weighted by atomic mass is 10.1. The third-order valence-corrected chi connectivity index (χ3v) is 4.21. The van der Waals surface area contributed by atoms with Crippen LogP contribution >= 0.6 is 0 Å². The topological polar surface area (TPSA) is 46.5 Å². The molecule has 1 N–H and O–H groups in total. The number of benzene rings is 2. The van der Waals surface area contributed by atoms with Crippen molar-refractivity contribution in [3.05, 3.63) is 47.8 Å². The molecule has 0 fully saturated rings. The standard InChI is InChI=1S/C18H18N4/c1-4-16-19-14-10-12(9-11(2)17(14)21-16)18-20-13-7-5-6-8-15(13)22(18)3/h5-10H,4H2,1-3H3,(H,19,21). The van der Waals surface area contributed by atoms with Crippen LogP contribution in [0.3, 0.4) is 0 Å². The summed E-state index contributed by atoms with van der Waals surface area (Å²) >= 11 is 0. The molecule has 0 saturated carbocycles. The third-order valence-electron chi connectivity index (χ3n) is 4.21. The van der Waals surface area contributed by atoms with Crippen LogP contribution in [-0.4, -0.2) is 19.5 Å². The van der Waals surface area contributed by atoms with Gasteiger partial charge in [0.2, 0.25) is 0 Å². The van der Waals surface area contributed by atoms with Crippen LogP contribution in [-0.2, 0) is 13.5 Å². The number of nitrogens with one attached hydrogen (secondary N) is 1. The highest BCUT2D eigenvalue weighted by molar-refractivity contribution is 5.86. The van der Waals surface area contributed by atoms with Crippen molar-refractivity contribution in [2.75, 3.05) is 0 Å². The number of aryl methyl sites for hydroxylation is 3. The number of fused-ring (bicyclic) bond motifs is 2. The molecule has 0 radical (unpaired) electrons. The number of hydrogen-bond acceptors (Lipinski definition) is 2. The van der Waals surface area contributed by atoms with Crippen molar-refractivity contribution in [3.8, 4) is 11.4 Å². The second kappa shape index (κ2) is 4.70. The van der Waals surface area contributed by atoms with Crippen LogP contribution < -0.4 is 0 Å². The van der Waals surface area contributed by atoms with E-state index in [4.69, 9.17) is 4.98 Å². The van der Waals surface area contributed by atoms with Gasteiger partial charge < -0.3 is 9.55 Å². The molecule has 2 aromatic heterocycles. The molecule has 0 aliphatic rings. The molecule has 110 valence electrons. The fourth-order valence-electron chi connectivity index (χ4n) is 3.04. The number of rotatable bonds is 2. The number of nitrogens with zero attached hydrogens (tertiary/aromatic N) is 3. The lowest BCUT2D eigenvalue weighted by Crippen LogP contribution is -1.93. The van der Waals surface area contributed by atoms with Gasteiger partial charge in [-0.15, -0.1) is 0 Å². The SMILES string of the molecule is CCc1nc2c(C)cc(-c3nc4ccccc4n3C)cc2[nH]1. The summed E-state index contributed by atoms with van der Waals surface area (Å²) in [5.74, 6) is 2.01. The molecule has 4 rings (SSSR count). The highest BCUT2D eigenvalue weighted by Gasteiger charge is 2.13. The van der Waals surface area contributed by atoms with E-state index in [1.54, 1.807) is 0 Å². The minimum absolute atomic E-state index is 0.912. The van der Waals surface area contributed by atoms with Gasteiger partial charge in [0, 0.05) is 19.0 Å². The molecule has 0 saturated heterocycles. The van der Waals surface area contributed by atoms with Gasteiger partial charge in [-0.1, -0.05) is 19.1 Å². The zero-order valence-electron chi connectivity index (χ0n) is 13.0. The highest BCUT2D eigenvalue weighted by atomic mass is 15.1. The van der Waals surface area contributed by atoms with E-state index in [-0.39, 0.29) is 0 Å². The Kier molecular flexibility index (Phi) is 2.79. The Labute approximate surface area is 128 Å². The van der Waals surface area contributed by atoms with Crippen molar-refractivity contribution in [2.24, 2.45) is 7.05 Å². The van der Waals surface area contributed by atoms with Gasteiger partial charge >= 0.3 is 0 Å². The van der Waals surface area contributed by atoms with E-state index in [1.165, 1.54) is 5.56 Å². The van der Waals surface area contributed by atoms with Crippen molar-refractivity contribution in [3.63, 3.8) is 0 Å². The maximum absolute atomic E-state index is 4.79. The Hall–Kier alpha value is -2.62. The summed E-state index contributed by atoms with van der Waals surface area (Å²) in [5.41, 5.74) is 6.61. The molecule has 4 nitrogen and oxygen atoms in total. The van der Waals surface area contributed by atoms with E-state index >= 15 is 0 Å². The van der Waals surface area contributed by atoms with E-state index < -0.39 is 0 Å². The van der Waals surface area contributed by atoms with Crippen molar-refractivity contribution >= 4 is 22.1 Å². The molecule has 0 amide bonds. The molecule has 0 spiro atoms. The van der Waals surface area contributed by atoms with Crippen LogP contribution in [0.1, 0.15) is 18.3 Å². The lowest BCUT2D eigenvalue weighted by Gasteiger charge is -2.04. The largest absolute Gasteiger partial charge is 0.342 e. The van der Waals surface area contributed by atoms with Gasteiger partial charge in [0.05, 0.1) is 22.1 Å². The summed E-state index contributed by atoms with van der Waals surface area (Å²) < 4.78 is 2.15. The van der Waals surface area contributed by atoms with Gasteiger partial charge in [-0.3, -0.25) is 0 Å². The molecule has 0 aliphatic carbocycles. The lowest BCUT2D eigenvalue weighted by molar-refractivity contribution is 0.959. The normalized spacial score (nSPS) is 11.6. The highest BCUT2D eigenvalue weighted by Crippen LogP contribution is 2.28.